The van der Waals surface area contributed by atoms with Crippen LogP contribution in [0.3, 0.4) is 0 Å². The van der Waals surface area contributed by atoms with Crippen molar-refractivity contribution < 1.29 is 4.79 Å². The zero-order valence-corrected chi connectivity index (χ0v) is 13.0. The lowest BCUT2D eigenvalue weighted by atomic mass is 10.3. The second-order valence-electron chi connectivity index (χ2n) is 5.08. The third kappa shape index (κ3) is 3.62. The van der Waals surface area contributed by atoms with Crippen LogP contribution in [-0.4, -0.2) is 26.8 Å². The minimum atomic E-state index is -0.194. The molecular weight excluding hydrogens is 274 g/mol. The maximum absolute atomic E-state index is 12.1. The fraction of sp³-hybridized carbons (Fsp3) is 0.643. The molecule has 0 saturated heterocycles. The molecule has 1 fully saturated rings. The van der Waals surface area contributed by atoms with Gasteiger partial charge in [-0.1, -0.05) is 25.6 Å². The van der Waals surface area contributed by atoms with Crippen LogP contribution < -0.4 is 10.9 Å². The highest BCUT2D eigenvalue weighted by Gasteiger charge is 2.28. The lowest BCUT2D eigenvalue weighted by Gasteiger charge is -2.16. The second kappa shape index (κ2) is 6.43. The van der Waals surface area contributed by atoms with Gasteiger partial charge in [-0.25, -0.2) is 4.98 Å². The van der Waals surface area contributed by atoms with Gasteiger partial charge in [0.05, 0.1) is 5.25 Å². The van der Waals surface area contributed by atoms with Gasteiger partial charge in [0.2, 0.25) is 5.91 Å². The molecule has 110 valence electrons. The van der Waals surface area contributed by atoms with Gasteiger partial charge in [0.15, 0.2) is 5.16 Å². The Hall–Kier alpha value is -1.30. The molecule has 1 aromatic heterocycles. The summed E-state index contributed by atoms with van der Waals surface area (Å²) in [5, 5.41) is 3.44. The molecule has 1 unspecified atom stereocenters. The number of nitrogens with zero attached hydrogens (tertiary/aromatic N) is 2. The van der Waals surface area contributed by atoms with Gasteiger partial charge in [-0.3, -0.25) is 14.2 Å². The molecule has 1 aromatic rings. The van der Waals surface area contributed by atoms with E-state index in [1.165, 1.54) is 16.3 Å². The zero-order valence-electron chi connectivity index (χ0n) is 12.2. The van der Waals surface area contributed by atoms with Crippen molar-refractivity contribution >= 4 is 17.7 Å². The highest BCUT2D eigenvalue weighted by molar-refractivity contribution is 8.00. The number of hydrogen-bond acceptors (Lipinski definition) is 4. The van der Waals surface area contributed by atoms with Crippen molar-refractivity contribution in [3.8, 4) is 0 Å². The predicted octanol–water partition coefficient (Wildman–Crippen LogP) is 1.49. The van der Waals surface area contributed by atoms with E-state index in [2.05, 4.69) is 10.3 Å². The van der Waals surface area contributed by atoms with Gasteiger partial charge in [-0.15, -0.1) is 0 Å². The molecule has 2 rings (SSSR count). The fourth-order valence-electron chi connectivity index (χ4n) is 1.82. The average molecular weight is 295 g/mol. The zero-order chi connectivity index (χ0) is 14.7. The van der Waals surface area contributed by atoms with E-state index in [0.29, 0.717) is 17.6 Å². The third-order valence-corrected chi connectivity index (χ3v) is 4.75. The van der Waals surface area contributed by atoms with Gasteiger partial charge >= 0.3 is 0 Å². The van der Waals surface area contributed by atoms with E-state index >= 15 is 0 Å². The molecule has 1 saturated carbocycles. The standard InChI is InChI=1S/C14H21N3O2S/c1-4-9-8-12(18)17(3)14(16-9)20-11(5-2)13(19)15-10-6-7-10/h8,10-11H,4-7H2,1-3H3,(H,15,19). The van der Waals surface area contributed by atoms with E-state index in [9.17, 15) is 9.59 Å². The molecule has 0 aromatic carbocycles. The fourth-order valence-corrected chi connectivity index (χ4v) is 2.84. The van der Waals surface area contributed by atoms with Crippen LogP contribution in [0.1, 0.15) is 38.8 Å². The summed E-state index contributed by atoms with van der Waals surface area (Å²) >= 11 is 1.38. The topological polar surface area (TPSA) is 64.0 Å². The molecule has 1 amide bonds. The predicted molar refractivity (Wildman–Crippen MR) is 80.0 cm³/mol. The summed E-state index contributed by atoms with van der Waals surface area (Å²) in [6.45, 7) is 3.94. The first-order valence-corrected chi connectivity index (χ1v) is 7.97. The summed E-state index contributed by atoms with van der Waals surface area (Å²) in [6.07, 6.45) is 3.59. The number of carbonyl (C=O) groups excluding carboxylic acids is 1. The Morgan fingerprint density at radius 2 is 2.25 bits per heavy atom. The van der Waals surface area contributed by atoms with Crippen LogP contribution in [0.25, 0.3) is 0 Å². The number of hydrogen-bond donors (Lipinski definition) is 1. The first kappa shape index (κ1) is 15.1. The van der Waals surface area contributed by atoms with Gasteiger partial charge in [-0.2, -0.15) is 0 Å². The van der Waals surface area contributed by atoms with Crippen LogP contribution in [0.15, 0.2) is 16.0 Å². The molecule has 1 atom stereocenters. The van der Waals surface area contributed by atoms with Gasteiger partial charge in [0, 0.05) is 24.8 Å². The highest BCUT2D eigenvalue weighted by atomic mass is 32.2. The maximum atomic E-state index is 12.1. The summed E-state index contributed by atoms with van der Waals surface area (Å²) in [5.41, 5.74) is 0.699. The summed E-state index contributed by atoms with van der Waals surface area (Å²) in [6, 6.07) is 1.91. The molecule has 1 aliphatic rings. The summed E-state index contributed by atoms with van der Waals surface area (Å²) in [5.74, 6) is 0.0520. The minimum Gasteiger partial charge on any atom is -0.352 e. The van der Waals surface area contributed by atoms with E-state index in [4.69, 9.17) is 0 Å². The van der Waals surface area contributed by atoms with Crippen LogP contribution in [0.4, 0.5) is 0 Å². The number of aryl methyl sites for hydroxylation is 1. The highest BCUT2D eigenvalue weighted by Crippen LogP contribution is 2.25. The van der Waals surface area contributed by atoms with Crippen molar-refractivity contribution in [2.24, 2.45) is 7.05 Å². The molecule has 6 heteroatoms. The monoisotopic (exact) mass is 295 g/mol. The molecule has 0 spiro atoms. The Bertz CT molecular complexity index is 552. The number of carbonyl (C=O) groups is 1. The number of amides is 1. The molecule has 1 heterocycles. The number of aromatic nitrogens is 2. The Balaban J connectivity index is 2.15. The van der Waals surface area contributed by atoms with Crippen molar-refractivity contribution in [3.63, 3.8) is 0 Å². The van der Waals surface area contributed by atoms with E-state index in [1.807, 2.05) is 13.8 Å². The first-order chi connectivity index (χ1) is 9.55. The van der Waals surface area contributed by atoms with E-state index in [1.54, 1.807) is 13.1 Å². The minimum absolute atomic E-state index is 0.0520. The molecule has 1 N–H and O–H groups in total. The van der Waals surface area contributed by atoms with Crippen LogP contribution >= 0.6 is 11.8 Å². The Kier molecular flexibility index (Phi) is 4.86. The second-order valence-corrected chi connectivity index (χ2v) is 6.25. The van der Waals surface area contributed by atoms with E-state index in [0.717, 1.165) is 25.0 Å². The van der Waals surface area contributed by atoms with Crippen molar-refractivity contribution in [3.05, 3.63) is 22.1 Å². The van der Waals surface area contributed by atoms with Gasteiger partial charge in [0.25, 0.3) is 5.56 Å². The largest absolute Gasteiger partial charge is 0.352 e. The van der Waals surface area contributed by atoms with E-state index < -0.39 is 0 Å². The van der Waals surface area contributed by atoms with Gasteiger partial charge in [0.1, 0.15) is 0 Å². The number of rotatable bonds is 6. The lowest BCUT2D eigenvalue weighted by molar-refractivity contribution is -0.120. The summed E-state index contributed by atoms with van der Waals surface area (Å²) in [4.78, 5) is 28.5. The van der Waals surface area contributed by atoms with Crippen molar-refractivity contribution in [2.45, 2.75) is 56.0 Å². The maximum Gasteiger partial charge on any atom is 0.254 e. The molecular formula is C14H21N3O2S. The van der Waals surface area contributed by atoms with Gasteiger partial charge in [-0.05, 0) is 25.7 Å². The lowest BCUT2D eigenvalue weighted by Crippen LogP contribution is -2.34. The molecule has 0 aliphatic heterocycles. The number of nitrogens with one attached hydrogen (secondary N) is 1. The van der Waals surface area contributed by atoms with Gasteiger partial charge < -0.3 is 5.32 Å². The van der Waals surface area contributed by atoms with Crippen molar-refractivity contribution in [1.29, 1.82) is 0 Å². The Labute approximate surface area is 123 Å². The van der Waals surface area contributed by atoms with Crippen LogP contribution in [0.5, 0.6) is 0 Å². The number of thioether (sulfide) groups is 1. The Morgan fingerprint density at radius 1 is 1.55 bits per heavy atom. The molecule has 20 heavy (non-hydrogen) atoms. The third-order valence-electron chi connectivity index (χ3n) is 3.34. The summed E-state index contributed by atoms with van der Waals surface area (Å²) in [7, 11) is 1.70. The molecule has 1 aliphatic carbocycles. The van der Waals surface area contributed by atoms with Crippen LogP contribution in [0.2, 0.25) is 0 Å². The quantitative estimate of drug-likeness (QED) is 0.638. The normalized spacial score (nSPS) is 15.9. The molecule has 5 nitrogen and oxygen atoms in total. The van der Waals surface area contributed by atoms with Crippen molar-refractivity contribution in [1.82, 2.24) is 14.9 Å². The SMILES string of the molecule is CCc1cc(=O)n(C)c(SC(CC)C(=O)NC2CC2)n1. The van der Waals surface area contributed by atoms with Crippen molar-refractivity contribution in [2.75, 3.05) is 0 Å². The van der Waals surface area contributed by atoms with Crippen LogP contribution in [0, 0.1) is 0 Å². The summed E-state index contributed by atoms with van der Waals surface area (Å²) < 4.78 is 1.51. The average Bonchev–Trinajstić information content (AvgIpc) is 3.23. The first-order valence-electron chi connectivity index (χ1n) is 7.09. The molecule has 0 bridgehead atoms. The Morgan fingerprint density at radius 3 is 2.80 bits per heavy atom. The van der Waals surface area contributed by atoms with E-state index in [-0.39, 0.29) is 16.7 Å². The molecule has 0 radical (unpaired) electrons. The smallest absolute Gasteiger partial charge is 0.254 e. The van der Waals surface area contributed by atoms with Crippen LogP contribution in [-0.2, 0) is 18.3 Å².